The summed E-state index contributed by atoms with van der Waals surface area (Å²) in [6, 6.07) is 2.06. The van der Waals surface area contributed by atoms with E-state index in [2.05, 4.69) is 5.32 Å². The van der Waals surface area contributed by atoms with Gasteiger partial charge in [0.2, 0.25) is 0 Å². The lowest BCUT2D eigenvalue weighted by atomic mass is 9.95. The van der Waals surface area contributed by atoms with E-state index in [1.165, 1.54) is 6.42 Å². The standard InChI is InChI=1S/C13H17F2N3O/c14-10-6-8(7-11(15)12(10)18-16)13(19)17-9-4-2-1-3-5-9/h6-7,9,18H,1-5,16H2,(H,17,19). The lowest BCUT2D eigenvalue weighted by Crippen LogP contribution is -2.36. The summed E-state index contributed by atoms with van der Waals surface area (Å²) in [5.41, 5.74) is 1.47. The van der Waals surface area contributed by atoms with Crippen LogP contribution in [0.3, 0.4) is 0 Å². The zero-order chi connectivity index (χ0) is 13.8. The predicted octanol–water partition coefficient (Wildman–Crippen LogP) is 2.31. The van der Waals surface area contributed by atoms with Crippen LogP contribution in [0.25, 0.3) is 0 Å². The van der Waals surface area contributed by atoms with E-state index in [4.69, 9.17) is 5.84 Å². The fraction of sp³-hybridized carbons (Fsp3) is 0.462. The van der Waals surface area contributed by atoms with Gasteiger partial charge in [0.1, 0.15) is 5.69 Å². The maximum atomic E-state index is 13.5. The highest BCUT2D eigenvalue weighted by molar-refractivity contribution is 5.94. The van der Waals surface area contributed by atoms with E-state index in [1.807, 2.05) is 5.43 Å². The summed E-state index contributed by atoms with van der Waals surface area (Å²) in [5.74, 6) is 2.79. The highest BCUT2D eigenvalue weighted by atomic mass is 19.1. The van der Waals surface area contributed by atoms with Crippen molar-refractivity contribution in [3.63, 3.8) is 0 Å². The molecule has 1 fully saturated rings. The van der Waals surface area contributed by atoms with E-state index in [-0.39, 0.29) is 11.6 Å². The second-order valence-electron chi connectivity index (χ2n) is 4.77. The van der Waals surface area contributed by atoms with Gasteiger partial charge in [0.25, 0.3) is 5.91 Å². The number of benzene rings is 1. The Morgan fingerprint density at radius 2 is 1.74 bits per heavy atom. The van der Waals surface area contributed by atoms with Gasteiger partial charge in [-0.1, -0.05) is 19.3 Å². The van der Waals surface area contributed by atoms with Gasteiger partial charge in [0.05, 0.1) is 0 Å². The molecule has 0 atom stereocenters. The molecule has 19 heavy (non-hydrogen) atoms. The van der Waals surface area contributed by atoms with Gasteiger partial charge in [0, 0.05) is 11.6 Å². The van der Waals surface area contributed by atoms with Crippen LogP contribution < -0.4 is 16.6 Å². The van der Waals surface area contributed by atoms with Crippen molar-refractivity contribution in [1.29, 1.82) is 0 Å². The first kappa shape index (κ1) is 13.7. The van der Waals surface area contributed by atoms with Crippen molar-refractivity contribution in [2.45, 2.75) is 38.1 Å². The first-order chi connectivity index (χ1) is 9.11. The first-order valence-corrected chi connectivity index (χ1v) is 6.38. The minimum absolute atomic E-state index is 0.0282. The number of anilines is 1. The number of nitrogens with two attached hydrogens (primary N) is 1. The van der Waals surface area contributed by atoms with Crippen LogP contribution in [0.2, 0.25) is 0 Å². The molecule has 104 valence electrons. The van der Waals surface area contributed by atoms with Crippen LogP contribution in [-0.2, 0) is 0 Å². The van der Waals surface area contributed by atoms with E-state index >= 15 is 0 Å². The minimum atomic E-state index is -0.878. The first-order valence-electron chi connectivity index (χ1n) is 6.38. The summed E-state index contributed by atoms with van der Waals surface area (Å²) in [6.07, 6.45) is 5.15. The highest BCUT2D eigenvalue weighted by Gasteiger charge is 2.19. The number of hydrazine groups is 1. The zero-order valence-electron chi connectivity index (χ0n) is 10.5. The molecule has 0 radical (unpaired) electrons. The Kier molecular flexibility index (Phi) is 4.31. The number of rotatable bonds is 3. The van der Waals surface area contributed by atoms with Crippen LogP contribution in [0, 0.1) is 11.6 Å². The minimum Gasteiger partial charge on any atom is -0.349 e. The number of nitrogens with one attached hydrogen (secondary N) is 2. The van der Waals surface area contributed by atoms with Gasteiger partial charge in [-0.2, -0.15) is 0 Å². The average molecular weight is 269 g/mol. The van der Waals surface area contributed by atoms with Crippen LogP contribution in [0.1, 0.15) is 42.5 Å². The molecule has 1 aliphatic carbocycles. The summed E-state index contributed by atoms with van der Waals surface area (Å²) in [4.78, 5) is 11.9. The molecule has 1 amide bonds. The molecule has 1 aromatic carbocycles. The molecule has 4 nitrogen and oxygen atoms in total. The SMILES string of the molecule is NNc1c(F)cc(C(=O)NC2CCCCC2)cc1F. The number of halogens is 2. The second kappa shape index (κ2) is 5.97. The molecule has 2 rings (SSSR count). The number of hydrogen-bond acceptors (Lipinski definition) is 3. The Balaban J connectivity index is 2.10. The van der Waals surface area contributed by atoms with Crippen molar-refractivity contribution in [1.82, 2.24) is 5.32 Å². The lowest BCUT2D eigenvalue weighted by Gasteiger charge is -2.22. The molecule has 0 saturated heterocycles. The molecule has 0 aromatic heterocycles. The second-order valence-corrected chi connectivity index (χ2v) is 4.77. The highest BCUT2D eigenvalue weighted by Crippen LogP contribution is 2.21. The predicted molar refractivity (Wildman–Crippen MR) is 68.5 cm³/mol. The molecule has 0 aliphatic heterocycles. The third-order valence-corrected chi connectivity index (χ3v) is 3.39. The summed E-state index contributed by atoms with van der Waals surface area (Å²) in [7, 11) is 0. The zero-order valence-corrected chi connectivity index (χ0v) is 10.5. The number of hydrogen-bond donors (Lipinski definition) is 3. The topological polar surface area (TPSA) is 67.1 Å². The molecular formula is C13H17F2N3O. The summed E-state index contributed by atoms with van der Waals surface area (Å²) in [5, 5.41) is 2.80. The maximum absolute atomic E-state index is 13.5. The molecule has 4 N–H and O–H groups in total. The normalized spacial score (nSPS) is 16.2. The monoisotopic (exact) mass is 269 g/mol. The van der Waals surface area contributed by atoms with Crippen LogP contribution in [-0.4, -0.2) is 11.9 Å². The van der Waals surface area contributed by atoms with Crippen molar-refractivity contribution in [3.8, 4) is 0 Å². The molecule has 0 bridgehead atoms. The fourth-order valence-electron chi connectivity index (χ4n) is 2.36. The molecule has 1 saturated carbocycles. The summed E-state index contributed by atoms with van der Waals surface area (Å²) < 4.78 is 27.0. The molecule has 0 spiro atoms. The van der Waals surface area contributed by atoms with Crippen LogP contribution in [0.4, 0.5) is 14.5 Å². The lowest BCUT2D eigenvalue weighted by molar-refractivity contribution is 0.0927. The third kappa shape index (κ3) is 3.20. The van der Waals surface area contributed by atoms with Crippen molar-refractivity contribution >= 4 is 11.6 Å². The van der Waals surface area contributed by atoms with E-state index in [9.17, 15) is 13.6 Å². The molecule has 6 heteroatoms. The van der Waals surface area contributed by atoms with Crippen molar-refractivity contribution in [2.75, 3.05) is 5.43 Å². The van der Waals surface area contributed by atoms with Crippen molar-refractivity contribution < 1.29 is 13.6 Å². The Hall–Kier alpha value is -1.69. The third-order valence-electron chi connectivity index (χ3n) is 3.39. The number of nitrogen functional groups attached to an aromatic ring is 1. The quantitative estimate of drug-likeness (QED) is 0.582. The van der Waals surface area contributed by atoms with Crippen LogP contribution in [0.5, 0.6) is 0 Å². The average Bonchev–Trinajstić information content (AvgIpc) is 2.39. The summed E-state index contributed by atoms with van der Waals surface area (Å²) >= 11 is 0. The van der Waals surface area contributed by atoms with Crippen molar-refractivity contribution in [2.24, 2.45) is 5.84 Å². The van der Waals surface area contributed by atoms with Crippen LogP contribution >= 0.6 is 0 Å². The number of carbonyl (C=O) groups excluding carboxylic acids is 1. The Bertz CT molecular complexity index is 450. The smallest absolute Gasteiger partial charge is 0.251 e. The molecule has 1 aliphatic rings. The van der Waals surface area contributed by atoms with Gasteiger partial charge >= 0.3 is 0 Å². The number of amides is 1. The molecule has 0 heterocycles. The Labute approximate surface area is 110 Å². The summed E-state index contributed by atoms with van der Waals surface area (Å²) in [6.45, 7) is 0. The Morgan fingerprint density at radius 3 is 2.26 bits per heavy atom. The van der Waals surface area contributed by atoms with Crippen molar-refractivity contribution in [3.05, 3.63) is 29.3 Å². The van der Waals surface area contributed by atoms with E-state index in [1.54, 1.807) is 0 Å². The maximum Gasteiger partial charge on any atom is 0.251 e. The van der Waals surface area contributed by atoms with Gasteiger partial charge in [-0.05, 0) is 25.0 Å². The van der Waals surface area contributed by atoms with Gasteiger partial charge in [-0.25, -0.2) is 8.78 Å². The van der Waals surface area contributed by atoms with Gasteiger partial charge in [-0.3, -0.25) is 10.6 Å². The molecular weight excluding hydrogens is 252 g/mol. The fourth-order valence-corrected chi connectivity index (χ4v) is 2.36. The largest absolute Gasteiger partial charge is 0.349 e. The van der Waals surface area contributed by atoms with Gasteiger partial charge in [-0.15, -0.1) is 0 Å². The van der Waals surface area contributed by atoms with Gasteiger partial charge < -0.3 is 10.7 Å². The van der Waals surface area contributed by atoms with E-state index < -0.39 is 23.2 Å². The van der Waals surface area contributed by atoms with E-state index in [0.29, 0.717) is 0 Å². The van der Waals surface area contributed by atoms with Gasteiger partial charge in [0.15, 0.2) is 11.6 Å². The number of carbonyl (C=O) groups is 1. The van der Waals surface area contributed by atoms with E-state index in [0.717, 1.165) is 37.8 Å². The molecule has 1 aromatic rings. The molecule has 0 unspecified atom stereocenters. The Morgan fingerprint density at radius 1 is 1.16 bits per heavy atom. The van der Waals surface area contributed by atoms with Crippen LogP contribution in [0.15, 0.2) is 12.1 Å².